The Morgan fingerprint density at radius 3 is 1.89 bits per heavy atom. The second-order valence-corrected chi connectivity index (χ2v) is 12.4. The molecule has 1 fully saturated rings. The zero-order chi connectivity index (χ0) is 27.1. The van der Waals surface area contributed by atoms with Crippen LogP contribution in [-0.2, 0) is 34.5 Å². The fraction of sp³-hybridized carbons (Fsp3) is 0.259. The Bertz CT molecular complexity index is 1370. The van der Waals surface area contributed by atoms with Gasteiger partial charge in [-0.1, -0.05) is 65.7 Å². The highest BCUT2D eigenvalue weighted by Gasteiger charge is 2.40. The van der Waals surface area contributed by atoms with Crippen LogP contribution in [0, 0.1) is 6.92 Å². The Labute approximate surface area is 232 Å². The lowest BCUT2D eigenvalue weighted by Crippen LogP contribution is -2.44. The Hall–Kier alpha value is -3.05. The Kier molecular flexibility index (Phi) is 9.32. The first kappa shape index (κ1) is 28.0. The second-order valence-electron chi connectivity index (χ2n) is 8.85. The van der Waals surface area contributed by atoms with Crippen molar-refractivity contribution in [3.8, 4) is 0 Å². The molecule has 0 radical (unpaired) electrons. The fourth-order valence-corrected chi connectivity index (χ4v) is 7.06. The summed E-state index contributed by atoms with van der Waals surface area (Å²) >= 11 is 7.18. The number of rotatable bonds is 9. The number of carbonyl (C=O) groups excluding carboxylic acids is 2. The average molecular weight is 573 g/mol. The molecule has 0 spiro atoms. The van der Waals surface area contributed by atoms with E-state index in [1.807, 2.05) is 55.5 Å². The maximum absolute atomic E-state index is 13.1. The van der Waals surface area contributed by atoms with E-state index in [9.17, 15) is 18.0 Å². The first-order chi connectivity index (χ1) is 18.2. The maximum atomic E-state index is 13.1. The van der Waals surface area contributed by atoms with Gasteiger partial charge in [0, 0.05) is 37.0 Å². The van der Waals surface area contributed by atoms with E-state index in [1.54, 1.807) is 0 Å². The smallest absolute Gasteiger partial charge is 0.315 e. The summed E-state index contributed by atoms with van der Waals surface area (Å²) < 4.78 is 27.4. The van der Waals surface area contributed by atoms with Crippen molar-refractivity contribution in [3.63, 3.8) is 0 Å². The molecule has 1 atom stereocenters. The van der Waals surface area contributed by atoms with Gasteiger partial charge in [-0.3, -0.25) is 4.79 Å². The number of urea groups is 1. The maximum Gasteiger partial charge on any atom is 0.315 e. The molecule has 0 aliphatic carbocycles. The van der Waals surface area contributed by atoms with Gasteiger partial charge in [-0.2, -0.15) is 4.31 Å². The summed E-state index contributed by atoms with van der Waals surface area (Å²) in [4.78, 5) is 25.1. The summed E-state index contributed by atoms with van der Waals surface area (Å²) in [6, 6.07) is 21.1. The van der Waals surface area contributed by atoms with E-state index in [-0.39, 0.29) is 29.9 Å². The predicted molar refractivity (Wildman–Crippen MR) is 150 cm³/mol. The van der Waals surface area contributed by atoms with E-state index in [0.717, 1.165) is 16.7 Å². The van der Waals surface area contributed by atoms with Crippen molar-refractivity contribution in [1.82, 2.24) is 20.3 Å². The molecule has 11 heteroatoms. The minimum Gasteiger partial charge on any atom is -0.350 e. The van der Waals surface area contributed by atoms with Crippen molar-refractivity contribution in [1.29, 1.82) is 0 Å². The Morgan fingerprint density at radius 1 is 0.842 bits per heavy atom. The van der Waals surface area contributed by atoms with Gasteiger partial charge in [-0.15, -0.1) is 11.8 Å². The van der Waals surface area contributed by atoms with E-state index in [0.29, 0.717) is 23.9 Å². The molecule has 4 rings (SSSR count). The summed E-state index contributed by atoms with van der Waals surface area (Å²) in [6.45, 7) is 3.34. The number of sulfonamides is 1. The molecule has 200 valence electrons. The lowest BCUT2D eigenvalue weighted by molar-refractivity contribution is -0.122. The van der Waals surface area contributed by atoms with E-state index in [2.05, 4.69) is 16.0 Å². The van der Waals surface area contributed by atoms with Crippen LogP contribution >= 0.6 is 23.4 Å². The Balaban J connectivity index is 1.24. The van der Waals surface area contributed by atoms with Gasteiger partial charge in [0.2, 0.25) is 15.9 Å². The topological polar surface area (TPSA) is 108 Å². The van der Waals surface area contributed by atoms with E-state index in [4.69, 9.17) is 11.6 Å². The highest BCUT2D eigenvalue weighted by molar-refractivity contribution is 8.02. The number of hydrogen-bond acceptors (Lipinski definition) is 5. The molecule has 0 aromatic heterocycles. The van der Waals surface area contributed by atoms with E-state index >= 15 is 0 Å². The lowest BCUT2D eigenvalue weighted by atomic mass is 10.1. The van der Waals surface area contributed by atoms with Crippen LogP contribution in [0.15, 0.2) is 77.7 Å². The number of amides is 3. The van der Waals surface area contributed by atoms with Crippen LogP contribution in [0.1, 0.15) is 22.3 Å². The van der Waals surface area contributed by atoms with Crippen LogP contribution in [0.3, 0.4) is 0 Å². The number of benzene rings is 3. The van der Waals surface area contributed by atoms with Gasteiger partial charge in [-0.05, 0) is 47.9 Å². The van der Waals surface area contributed by atoms with Crippen LogP contribution < -0.4 is 16.0 Å². The van der Waals surface area contributed by atoms with E-state index in [1.165, 1.54) is 45.9 Å². The number of hydrogen-bond donors (Lipinski definition) is 3. The third-order valence-electron chi connectivity index (χ3n) is 6.01. The normalized spacial score (nSPS) is 15.7. The highest BCUT2D eigenvalue weighted by Crippen LogP contribution is 2.30. The zero-order valence-electron chi connectivity index (χ0n) is 20.8. The van der Waals surface area contributed by atoms with Crippen molar-refractivity contribution in [2.75, 3.05) is 12.3 Å². The quantitative estimate of drug-likeness (QED) is 0.359. The van der Waals surface area contributed by atoms with Crippen molar-refractivity contribution in [2.24, 2.45) is 0 Å². The largest absolute Gasteiger partial charge is 0.350 e. The van der Waals surface area contributed by atoms with Gasteiger partial charge in [-0.25, -0.2) is 13.2 Å². The summed E-state index contributed by atoms with van der Waals surface area (Å²) in [5.74, 6) is 0.173. The minimum absolute atomic E-state index is 0.107. The van der Waals surface area contributed by atoms with Gasteiger partial charge in [0.05, 0.1) is 4.90 Å². The minimum atomic E-state index is -3.82. The first-order valence-electron chi connectivity index (χ1n) is 12.0. The SMILES string of the molecule is Cc1ccc(CNC(=O)NCc2ccc(CNC(=O)C3SCCN3S(=O)(=O)c3ccc(Cl)cc3)cc2)cc1. The molecule has 3 amide bonds. The molecule has 8 nitrogen and oxygen atoms in total. The van der Waals surface area contributed by atoms with Crippen molar-refractivity contribution in [3.05, 3.63) is 100 Å². The summed E-state index contributed by atoms with van der Waals surface area (Å²) in [7, 11) is -3.82. The van der Waals surface area contributed by atoms with Gasteiger partial charge in [0.1, 0.15) is 5.37 Å². The number of carbonyl (C=O) groups is 2. The molecule has 1 saturated heterocycles. The average Bonchev–Trinajstić information content (AvgIpc) is 3.42. The second kappa shape index (κ2) is 12.7. The van der Waals surface area contributed by atoms with Crippen LogP contribution in [-0.4, -0.2) is 42.3 Å². The standard InChI is InChI=1S/C27H29ClN4O4S2/c1-19-2-4-20(5-3-19)17-30-27(34)31-18-22-8-6-21(7-9-22)16-29-25(33)26-32(14-15-37-26)38(35,36)24-12-10-23(28)11-13-24/h2-13,26H,14-18H2,1H3,(H,29,33)(H2,30,31,34). The molecule has 0 saturated carbocycles. The van der Waals surface area contributed by atoms with Gasteiger partial charge in [0.25, 0.3) is 0 Å². The molecule has 1 aliphatic rings. The molecule has 38 heavy (non-hydrogen) atoms. The number of nitrogens with one attached hydrogen (secondary N) is 3. The van der Waals surface area contributed by atoms with Gasteiger partial charge in [0.15, 0.2) is 0 Å². The van der Waals surface area contributed by atoms with Crippen molar-refractivity contribution >= 4 is 45.3 Å². The van der Waals surface area contributed by atoms with Gasteiger partial charge < -0.3 is 16.0 Å². The molecular formula is C27H29ClN4O4S2. The molecule has 0 bridgehead atoms. The highest BCUT2D eigenvalue weighted by atomic mass is 35.5. The third-order valence-corrected chi connectivity index (χ3v) is 9.48. The molecule has 3 aromatic rings. The molecule has 1 unspecified atom stereocenters. The van der Waals surface area contributed by atoms with Crippen molar-refractivity contribution < 1.29 is 18.0 Å². The summed E-state index contributed by atoms with van der Waals surface area (Å²) in [5.41, 5.74) is 3.97. The summed E-state index contributed by atoms with van der Waals surface area (Å²) in [5, 5.41) is 8.11. The molecule has 3 N–H and O–H groups in total. The Morgan fingerprint density at radius 2 is 1.34 bits per heavy atom. The lowest BCUT2D eigenvalue weighted by Gasteiger charge is -2.22. The number of halogens is 1. The number of aryl methyl sites for hydroxylation is 1. The van der Waals surface area contributed by atoms with Crippen LogP contribution in [0.25, 0.3) is 0 Å². The van der Waals surface area contributed by atoms with E-state index < -0.39 is 15.4 Å². The predicted octanol–water partition coefficient (Wildman–Crippen LogP) is 4.03. The molecule has 1 heterocycles. The monoisotopic (exact) mass is 572 g/mol. The zero-order valence-corrected chi connectivity index (χ0v) is 23.2. The van der Waals surface area contributed by atoms with Crippen molar-refractivity contribution in [2.45, 2.75) is 36.8 Å². The van der Waals surface area contributed by atoms with Crippen LogP contribution in [0.2, 0.25) is 5.02 Å². The third kappa shape index (κ3) is 7.28. The molecular weight excluding hydrogens is 544 g/mol. The summed E-state index contributed by atoms with van der Waals surface area (Å²) in [6.07, 6.45) is 0. The molecule has 1 aliphatic heterocycles. The fourth-order valence-electron chi connectivity index (χ4n) is 3.83. The number of thioether (sulfide) groups is 1. The van der Waals surface area contributed by atoms with Crippen LogP contribution in [0.4, 0.5) is 4.79 Å². The molecule has 3 aromatic carbocycles. The number of nitrogens with zero attached hydrogens (tertiary/aromatic N) is 1. The first-order valence-corrected chi connectivity index (χ1v) is 14.9. The van der Waals surface area contributed by atoms with Gasteiger partial charge >= 0.3 is 6.03 Å². The van der Waals surface area contributed by atoms with Crippen LogP contribution in [0.5, 0.6) is 0 Å².